The number of carbonyl (C=O) groups excluding carboxylic acids is 1. The van der Waals surface area contributed by atoms with Gasteiger partial charge in [-0.05, 0) is 13.8 Å². The van der Waals surface area contributed by atoms with E-state index in [1.165, 1.54) is 0 Å². The van der Waals surface area contributed by atoms with Crippen LogP contribution >= 0.6 is 0 Å². The van der Waals surface area contributed by atoms with Crippen LogP contribution in [0, 0.1) is 0 Å². The summed E-state index contributed by atoms with van der Waals surface area (Å²) >= 11 is 0. The van der Waals surface area contributed by atoms with Crippen LogP contribution in [0.4, 0.5) is 0 Å². The van der Waals surface area contributed by atoms with Crippen LogP contribution in [0.2, 0.25) is 0 Å². The molecule has 1 aromatic rings. The number of H-pyrrole nitrogens is 1. The van der Waals surface area contributed by atoms with Crippen LogP contribution in [0.15, 0.2) is 0 Å². The zero-order valence-electron chi connectivity index (χ0n) is 10.8. The van der Waals surface area contributed by atoms with Gasteiger partial charge in [-0.25, -0.2) is 4.98 Å². The maximum Gasteiger partial charge on any atom is 0.291 e. The largest absolute Gasteiger partial charge is 0.380 e. The van der Waals surface area contributed by atoms with Gasteiger partial charge in [-0.2, -0.15) is 0 Å². The maximum atomic E-state index is 11.7. The van der Waals surface area contributed by atoms with Crippen molar-refractivity contribution in [3.8, 4) is 0 Å². The lowest BCUT2D eigenvalue weighted by molar-refractivity contribution is 0.0862. The number of ether oxygens (including phenoxy) is 1. The van der Waals surface area contributed by atoms with Crippen molar-refractivity contribution in [1.82, 2.24) is 20.5 Å². The van der Waals surface area contributed by atoms with Gasteiger partial charge < -0.3 is 10.1 Å². The molecular weight excluding hydrogens is 220 g/mol. The van der Waals surface area contributed by atoms with Crippen LogP contribution in [0.5, 0.6) is 0 Å². The standard InChI is InChI=1S/C11H20N4O2/c1-5-17-6-8(4)12-11(16)10-13-9(7(2)3)14-15-10/h7-8H,5-6H2,1-4H3,(H,12,16)(H,13,14,15). The number of amides is 1. The molecule has 1 rings (SSSR count). The van der Waals surface area contributed by atoms with Gasteiger partial charge in [0.25, 0.3) is 5.91 Å². The first kappa shape index (κ1) is 13.6. The molecule has 17 heavy (non-hydrogen) atoms. The maximum absolute atomic E-state index is 11.7. The Hall–Kier alpha value is -1.43. The van der Waals surface area contributed by atoms with Gasteiger partial charge in [0.05, 0.1) is 6.61 Å². The van der Waals surface area contributed by atoms with Crippen molar-refractivity contribution in [2.45, 2.75) is 39.7 Å². The normalized spacial score (nSPS) is 12.8. The number of nitrogens with zero attached hydrogens (tertiary/aromatic N) is 2. The molecule has 0 bridgehead atoms. The monoisotopic (exact) mass is 240 g/mol. The average molecular weight is 240 g/mol. The SMILES string of the molecule is CCOCC(C)NC(=O)c1n[nH]c(C(C)C)n1. The number of hydrogen-bond donors (Lipinski definition) is 2. The summed E-state index contributed by atoms with van der Waals surface area (Å²) in [5.41, 5.74) is 0. The molecule has 6 heteroatoms. The van der Waals surface area contributed by atoms with Crippen LogP contribution in [0.3, 0.4) is 0 Å². The van der Waals surface area contributed by atoms with Gasteiger partial charge in [0, 0.05) is 18.6 Å². The first-order chi connectivity index (χ1) is 8.04. The summed E-state index contributed by atoms with van der Waals surface area (Å²) in [7, 11) is 0. The predicted octanol–water partition coefficient (Wildman–Crippen LogP) is 1.08. The van der Waals surface area contributed by atoms with E-state index in [1.807, 2.05) is 27.7 Å². The van der Waals surface area contributed by atoms with E-state index in [0.717, 1.165) is 0 Å². The van der Waals surface area contributed by atoms with Gasteiger partial charge in [0.2, 0.25) is 5.82 Å². The molecule has 96 valence electrons. The quantitative estimate of drug-likeness (QED) is 0.779. The number of aromatic amines is 1. The van der Waals surface area contributed by atoms with Crippen molar-refractivity contribution in [2.24, 2.45) is 0 Å². The van der Waals surface area contributed by atoms with Gasteiger partial charge in [0.1, 0.15) is 5.82 Å². The molecule has 2 N–H and O–H groups in total. The molecular formula is C11H20N4O2. The Bertz CT molecular complexity index is 362. The molecule has 1 unspecified atom stereocenters. The van der Waals surface area contributed by atoms with E-state index in [1.54, 1.807) is 0 Å². The second-order valence-electron chi connectivity index (χ2n) is 4.23. The first-order valence-electron chi connectivity index (χ1n) is 5.85. The topological polar surface area (TPSA) is 79.9 Å². The van der Waals surface area contributed by atoms with Crippen molar-refractivity contribution in [3.63, 3.8) is 0 Å². The summed E-state index contributed by atoms with van der Waals surface area (Å²) in [6.45, 7) is 8.89. The summed E-state index contributed by atoms with van der Waals surface area (Å²) in [6, 6.07) is -0.0524. The van der Waals surface area contributed by atoms with Gasteiger partial charge in [-0.1, -0.05) is 13.8 Å². The minimum atomic E-state index is -0.277. The van der Waals surface area contributed by atoms with E-state index in [9.17, 15) is 4.79 Å². The minimum Gasteiger partial charge on any atom is -0.380 e. The Morgan fingerprint density at radius 1 is 1.47 bits per heavy atom. The van der Waals surface area contributed by atoms with Crippen molar-refractivity contribution < 1.29 is 9.53 Å². The zero-order chi connectivity index (χ0) is 12.8. The van der Waals surface area contributed by atoms with Gasteiger partial charge in [-0.3, -0.25) is 9.89 Å². The summed E-state index contributed by atoms with van der Waals surface area (Å²) in [5, 5.41) is 9.41. The average Bonchev–Trinajstić information content (AvgIpc) is 2.75. The van der Waals surface area contributed by atoms with Crippen molar-refractivity contribution in [1.29, 1.82) is 0 Å². The molecule has 0 aliphatic rings. The Kier molecular flexibility index (Phi) is 5.09. The molecule has 0 saturated carbocycles. The van der Waals surface area contributed by atoms with Crippen molar-refractivity contribution in [3.05, 3.63) is 11.6 Å². The molecule has 1 aromatic heterocycles. The summed E-state index contributed by atoms with van der Waals surface area (Å²) in [4.78, 5) is 15.9. The number of hydrogen-bond acceptors (Lipinski definition) is 4. The second kappa shape index (κ2) is 6.34. The van der Waals surface area contributed by atoms with E-state index in [4.69, 9.17) is 4.74 Å². The van der Waals surface area contributed by atoms with Gasteiger partial charge in [-0.15, -0.1) is 5.10 Å². The Morgan fingerprint density at radius 2 is 2.18 bits per heavy atom. The molecule has 1 heterocycles. The van der Waals surface area contributed by atoms with Crippen LogP contribution in [0.1, 0.15) is 50.1 Å². The number of carbonyl (C=O) groups is 1. The Balaban J connectivity index is 2.51. The lowest BCUT2D eigenvalue weighted by atomic mass is 10.2. The van der Waals surface area contributed by atoms with Gasteiger partial charge >= 0.3 is 0 Å². The van der Waals surface area contributed by atoms with Crippen LogP contribution in [-0.4, -0.2) is 40.3 Å². The molecule has 0 spiro atoms. The highest BCUT2D eigenvalue weighted by atomic mass is 16.5. The molecule has 6 nitrogen and oxygen atoms in total. The number of nitrogens with one attached hydrogen (secondary N) is 2. The molecule has 0 aliphatic carbocycles. The number of aromatic nitrogens is 3. The minimum absolute atomic E-state index is 0.0524. The molecule has 1 amide bonds. The van der Waals surface area contributed by atoms with E-state index in [2.05, 4.69) is 20.5 Å². The third-order valence-electron chi connectivity index (χ3n) is 2.20. The van der Waals surface area contributed by atoms with Gasteiger partial charge in [0.15, 0.2) is 0 Å². The fourth-order valence-electron chi connectivity index (χ4n) is 1.26. The molecule has 0 aromatic carbocycles. The van der Waals surface area contributed by atoms with Crippen molar-refractivity contribution >= 4 is 5.91 Å². The third-order valence-corrected chi connectivity index (χ3v) is 2.20. The first-order valence-corrected chi connectivity index (χ1v) is 5.85. The summed E-state index contributed by atoms with van der Waals surface area (Å²) in [5.74, 6) is 0.843. The third kappa shape index (κ3) is 4.14. The second-order valence-corrected chi connectivity index (χ2v) is 4.23. The fraction of sp³-hybridized carbons (Fsp3) is 0.727. The van der Waals surface area contributed by atoms with Crippen LogP contribution < -0.4 is 5.32 Å². The highest BCUT2D eigenvalue weighted by Gasteiger charge is 2.15. The number of rotatable bonds is 6. The Morgan fingerprint density at radius 3 is 2.71 bits per heavy atom. The molecule has 0 saturated heterocycles. The van der Waals surface area contributed by atoms with Crippen LogP contribution in [0.25, 0.3) is 0 Å². The predicted molar refractivity (Wildman–Crippen MR) is 63.9 cm³/mol. The smallest absolute Gasteiger partial charge is 0.291 e. The molecule has 1 atom stereocenters. The van der Waals surface area contributed by atoms with E-state index in [0.29, 0.717) is 19.0 Å². The molecule has 0 radical (unpaired) electrons. The highest BCUT2D eigenvalue weighted by Crippen LogP contribution is 2.07. The van der Waals surface area contributed by atoms with E-state index < -0.39 is 0 Å². The van der Waals surface area contributed by atoms with E-state index >= 15 is 0 Å². The Labute approximate surface area is 101 Å². The van der Waals surface area contributed by atoms with Crippen LogP contribution in [-0.2, 0) is 4.74 Å². The zero-order valence-corrected chi connectivity index (χ0v) is 10.8. The summed E-state index contributed by atoms with van der Waals surface area (Å²) < 4.78 is 5.21. The highest BCUT2D eigenvalue weighted by molar-refractivity contribution is 5.90. The summed E-state index contributed by atoms with van der Waals surface area (Å²) in [6.07, 6.45) is 0. The lowest BCUT2D eigenvalue weighted by Crippen LogP contribution is -2.36. The molecule has 0 aliphatic heterocycles. The lowest BCUT2D eigenvalue weighted by Gasteiger charge is -2.11. The molecule has 0 fully saturated rings. The fourth-order valence-corrected chi connectivity index (χ4v) is 1.26. The van der Waals surface area contributed by atoms with E-state index in [-0.39, 0.29) is 23.7 Å². The van der Waals surface area contributed by atoms with Crippen molar-refractivity contribution in [2.75, 3.05) is 13.2 Å².